The molecule has 312 valence electrons. The van der Waals surface area contributed by atoms with Crippen molar-refractivity contribution in [3.63, 3.8) is 0 Å². The molecule has 6 aliphatic rings. The fourth-order valence-electron chi connectivity index (χ4n) is 13.6. The maximum atomic E-state index is 12.9. The van der Waals surface area contributed by atoms with Gasteiger partial charge >= 0.3 is 5.97 Å². The van der Waals surface area contributed by atoms with Crippen LogP contribution >= 0.6 is 0 Å². The van der Waals surface area contributed by atoms with Crippen LogP contribution in [0.15, 0.2) is 43.0 Å². The zero-order valence-corrected chi connectivity index (χ0v) is 36.6. The van der Waals surface area contributed by atoms with E-state index in [1.165, 1.54) is 68.9 Å². The SMILES string of the molecule is C#C.C#C.C#C.C=CC.CN1CCN(C(=O)CCNC[C@]23CCCC2[C@H]2CCC4[C@@]5(C)CC=C(c6ccc(C(=O)O)cc6)C(C)(C)C5CC[C@@]4(C)[C@]2(C)CC3)CC1. The van der Waals surface area contributed by atoms with E-state index in [-0.39, 0.29) is 10.8 Å². The van der Waals surface area contributed by atoms with Gasteiger partial charge in [-0.25, -0.2) is 4.79 Å². The molecule has 8 atom stereocenters. The van der Waals surface area contributed by atoms with Crippen molar-refractivity contribution in [3.05, 3.63) is 54.1 Å². The third-order valence-corrected chi connectivity index (χ3v) is 16.4. The lowest BCUT2D eigenvalue weighted by Gasteiger charge is -2.72. The van der Waals surface area contributed by atoms with Gasteiger partial charge in [-0.3, -0.25) is 4.79 Å². The molecule has 1 saturated heterocycles. The lowest BCUT2D eigenvalue weighted by atomic mass is 9.32. The molecular formula is C51H75N3O3. The van der Waals surface area contributed by atoms with Gasteiger partial charge in [0.05, 0.1) is 5.56 Å². The maximum absolute atomic E-state index is 12.9. The molecule has 7 rings (SSSR count). The number of rotatable bonds is 7. The summed E-state index contributed by atoms with van der Waals surface area (Å²) in [6, 6.07) is 7.63. The van der Waals surface area contributed by atoms with E-state index < -0.39 is 5.97 Å². The minimum absolute atomic E-state index is 0.0431. The highest BCUT2D eigenvalue weighted by atomic mass is 16.4. The predicted molar refractivity (Wildman–Crippen MR) is 239 cm³/mol. The van der Waals surface area contributed by atoms with E-state index in [1.807, 2.05) is 19.1 Å². The van der Waals surface area contributed by atoms with Crippen LogP contribution in [0.1, 0.15) is 128 Å². The van der Waals surface area contributed by atoms with Gasteiger partial charge in [-0.2, -0.15) is 0 Å². The number of carboxylic acids is 1. The first-order valence-electron chi connectivity index (χ1n) is 21.5. The van der Waals surface area contributed by atoms with Gasteiger partial charge < -0.3 is 20.2 Å². The summed E-state index contributed by atoms with van der Waals surface area (Å²) in [5, 5.41) is 13.3. The van der Waals surface area contributed by atoms with Crippen LogP contribution in [0.3, 0.4) is 0 Å². The minimum atomic E-state index is -0.858. The predicted octanol–water partition coefficient (Wildman–Crippen LogP) is 9.93. The summed E-state index contributed by atoms with van der Waals surface area (Å²) in [5.41, 5.74) is 4.42. The first kappa shape index (κ1) is 47.6. The number of allylic oxidation sites excluding steroid dienone is 3. The summed E-state index contributed by atoms with van der Waals surface area (Å²) in [4.78, 5) is 28.8. The molecule has 5 aliphatic carbocycles. The zero-order valence-electron chi connectivity index (χ0n) is 36.6. The summed E-state index contributed by atoms with van der Waals surface area (Å²) in [6.45, 7) is 23.9. The van der Waals surface area contributed by atoms with E-state index in [1.54, 1.807) is 18.2 Å². The number of carboxylic acid groups (broad SMARTS) is 1. The van der Waals surface area contributed by atoms with Crippen LogP contribution in [0.25, 0.3) is 5.57 Å². The Labute approximate surface area is 348 Å². The lowest BCUT2D eigenvalue weighted by Crippen LogP contribution is -2.65. The zero-order chi connectivity index (χ0) is 42.8. The van der Waals surface area contributed by atoms with Gasteiger partial charge in [-0.1, -0.05) is 65.3 Å². The number of carbonyl (C=O) groups is 2. The van der Waals surface area contributed by atoms with Gasteiger partial charge in [-0.05, 0) is 146 Å². The van der Waals surface area contributed by atoms with Crippen LogP contribution < -0.4 is 5.32 Å². The highest BCUT2D eigenvalue weighted by molar-refractivity contribution is 5.88. The first-order valence-corrected chi connectivity index (χ1v) is 21.5. The Kier molecular flexibility index (Phi) is 16.5. The van der Waals surface area contributed by atoms with Crippen molar-refractivity contribution in [2.75, 3.05) is 46.3 Å². The Hall–Kier alpha value is -3.76. The monoisotopic (exact) mass is 778 g/mol. The summed E-state index contributed by atoms with van der Waals surface area (Å²) >= 11 is 0. The topological polar surface area (TPSA) is 72.9 Å². The fourth-order valence-corrected chi connectivity index (χ4v) is 13.6. The molecule has 4 saturated carbocycles. The number of likely N-dealkylation sites (N-methyl/N-ethyl adjacent to an activating group) is 1. The fraction of sp³-hybridized carbons (Fsp3) is 0.647. The molecule has 1 aliphatic heterocycles. The van der Waals surface area contributed by atoms with Crippen LogP contribution in [0.4, 0.5) is 0 Å². The highest BCUT2D eigenvalue weighted by Gasteiger charge is 2.69. The second-order valence-electron chi connectivity index (χ2n) is 19.0. The number of hydrogen-bond donors (Lipinski definition) is 2. The Morgan fingerprint density at radius 2 is 1.44 bits per heavy atom. The summed E-state index contributed by atoms with van der Waals surface area (Å²) in [7, 11) is 2.14. The van der Waals surface area contributed by atoms with Crippen LogP contribution in [0.5, 0.6) is 0 Å². The van der Waals surface area contributed by atoms with E-state index in [0.29, 0.717) is 40.1 Å². The quantitative estimate of drug-likeness (QED) is 0.164. The van der Waals surface area contributed by atoms with Crippen LogP contribution in [-0.4, -0.2) is 73.1 Å². The molecule has 5 fully saturated rings. The average Bonchev–Trinajstić information content (AvgIpc) is 3.64. The number of aromatic carboxylic acids is 1. The number of benzene rings is 1. The number of fused-ring (bicyclic) bond motifs is 7. The number of amides is 1. The van der Waals surface area contributed by atoms with Crippen molar-refractivity contribution in [3.8, 4) is 38.5 Å². The highest BCUT2D eigenvalue weighted by Crippen LogP contribution is 2.77. The molecule has 0 aromatic heterocycles. The van der Waals surface area contributed by atoms with E-state index in [0.717, 1.165) is 63.4 Å². The Balaban J connectivity index is 0.000000899. The van der Waals surface area contributed by atoms with Crippen molar-refractivity contribution in [2.24, 2.45) is 50.7 Å². The number of nitrogens with zero attached hydrogens (tertiary/aromatic N) is 2. The normalized spacial score (nSPS) is 34.5. The van der Waals surface area contributed by atoms with E-state index >= 15 is 0 Å². The molecule has 6 nitrogen and oxygen atoms in total. The molecular weight excluding hydrogens is 703 g/mol. The molecule has 1 aromatic carbocycles. The van der Waals surface area contributed by atoms with Gasteiger partial charge in [0.15, 0.2) is 0 Å². The molecule has 3 unspecified atom stereocenters. The third kappa shape index (κ3) is 8.82. The van der Waals surface area contributed by atoms with Crippen molar-refractivity contribution < 1.29 is 14.7 Å². The molecule has 0 bridgehead atoms. The summed E-state index contributed by atoms with van der Waals surface area (Å²) < 4.78 is 0. The smallest absolute Gasteiger partial charge is 0.335 e. The van der Waals surface area contributed by atoms with E-state index in [2.05, 4.69) is 108 Å². The van der Waals surface area contributed by atoms with Gasteiger partial charge in [0.25, 0.3) is 0 Å². The minimum Gasteiger partial charge on any atom is -0.478 e. The summed E-state index contributed by atoms with van der Waals surface area (Å²) in [6.07, 6.45) is 42.2. The van der Waals surface area contributed by atoms with Crippen molar-refractivity contribution in [2.45, 2.75) is 112 Å². The standard InChI is InChI=1S/C42H63N3O3.C3H6.3C2H2/c1-38(2)31(29-9-11-30(12-10-29)37(47)48)15-19-39(3)34(38)16-20-41(5)35(39)14-13-32-33-8-7-18-42(33,22-21-40(32,41)4)28-43-23-17-36(46)45-26-24-44(6)25-27-45;1-3-2;3*1-2/h9-12,15,32-35,43H,7-8,13-14,16-28H2,1-6H3,(H,47,48);3H,1H2,2H3;3*1-2H/t32-,33?,34?,35?,39+,40-,41-,42-;;;;/m1..../s1. The van der Waals surface area contributed by atoms with Crippen LogP contribution in [0.2, 0.25) is 0 Å². The van der Waals surface area contributed by atoms with E-state index in [9.17, 15) is 14.7 Å². The number of hydrogen-bond acceptors (Lipinski definition) is 4. The Bertz CT molecular complexity index is 1600. The van der Waals surface area contributed by atoms with Gasteiger partial charge in [-0.15, -0.1) is 45.1 Å². The van der Waals surface area contributed by atoms with Crippen molar-refractivity contribution >= 4 is 17.4 Å². The Morgan fingerprint density at radius 1 is 0.825 bits per heavy atom. The number of carbonyl (C=O) groups excluding carboxylic acids is 1. The molecule has 0 spiro atoms. The number of terminal acetylenes is 3. The molecule has 57 heavy (non-hydrogen) atoms. The van der Waals surface area contributed by atoms with Crippen LogP contribution in [0, 0.1) is 89.3 Å². The molecule has 0 radical (unpaired) electrons. The van der Waals surface area contributed by atoms with E-state index in [4.69, 9.17) is 0 Å². The molecule has 1 amide bonds. The van der Waals surface area contributed by atoms with Crippen LogP contribution in [-0.2, 0) is 4.79 Å². The second-order valence-corrected chi connectivity index (χ2v) is 19.0. The Morgan fingerprint density at radius 3 is 2.04 bits per heavy atom. The summed E-state index contributed by atoms with van der Waals surface area (Å²) in [5.74, 6) is 2.43. The van der Waals surface area contributed by atoms with Gasteiger partial charge in [0.1, 0.15) is 0 Å². The average molecular weight is 778 g/mol. The molecule has 2 N–H and O–H groups in total. The number of nitrogens with one attached hydrogen (secondary N) is 1. The number of piperazine rings is 1. The molecule has 1 heterocycles. The van der Waals surface area contributed by atoms with Gasteiger partial charge in [0, 0.05) is 45.7 Å². The lowest BCUT2D eigenvalue weighted by molar-refractivity contribution is -0.222. The molecule has 1 aromatic rings. The maximum Gasteiger partial charge on any atom is 0.335 e. The van der Waals surface area contributed by atoms with Gasteiger partial charge in [0.2, 0.25) is 5.91 Å². The first-order chi connectivity index (χ1) is 27.2. The second kappa shape index (κ2) is 19.8. The van der Waals surface area contributed by atoms with Crippen molar-refractivity contribution in [1.29, 1.82) is 0 Å². The largest absolute Gasteiger partial charge is 0.478 e. The van der Waals surface area contributed by atoms with Crippen molar-refractivity contribution in [1.82, 2.24) is 15.1 Å². The third-order valence-electron chi connectivity index (χ3n) is 16.4. The molecule has 6 heteroatoms.